The van der Waals surface area contributed by atoms with Crippen molar-refractivity contribution in [3.8, 4) is 0 Å². The van der Waals surface area contributed by atoms with Crippen molar-refractivity contribution in [3.63, 3.8) is 0 Å². The summed E-state index contributed by atoms with van der Waals surface area (Å²) in [5.41, 5.74) is 0. The monoisotopic (exact) mass is 335 g/mol. The molecule has 1 fully saturated rings. The van der Waals surface area contributed by atoms with Gasteiger partial charge >= 0.3 is 0 Å². The van der Waals surface area contributed by atoms with Crippen LogP contribution in [-0.2, 0) is 24.6 Å². The molecule has 0 N–H and O–H groups in total. The van der Waals surface area contributed by atoms with Gasteiger partial charge in [0.1, 0.15) is 0 Å². The van der Waals surface area contributed by atoms with Crippen molar-refractivity contribution in [1.29, 1.82) is 0 Å². The van der Waals surface area contributed by atoms with Gasteiger partial charge in [-0.25, -0.2) is 16.8 Å². The second-order valence-electron chi connectivity index (χ2n) is 3.66. The molecule has 0 aromatic rings. The third-order valence-corrected chi connectivity index (χ3v) is 6.77. The van der Waals surface area contributed by atoms with Gasteiger partial charge in [0, 0.05) is 24.7 Å². The van der Waals surface area contributed by atoms with Gasteiger partial charge in [0.15, 0.2) is 14.9 Å². The van der Waals surface area contributed by atoms with E-state index in [-0.39, 0.29) is 19.2 Å². The van der Waals surface area contributed by atoms with Crippen LogP contribution in [0.4, 0.5) is 0 Å². The summed E-state index contributed by atoms with van der Waals surface area (Å²) in [6.45, 7) is 0.698. The van der Waals surface area contributed by atoms with E-state index in [1.807, 2.05) is 0 Å². The third kappa shape index (κ3) is 4.28. The molecule has 1 aliphatic rings. The summed E-state index contributed by atoms with van der Waals surface area (Å²) in [6, 6.07) is 0. The van der Waals surface area contributed by atoms with Gasteiger partial charge in [-0.2, -0.15) is 4.31 Å². The molecule has 1 unspecified atom stereocenters. The Morgan fingerprint density at radius 3 is 2.50 bits per heavy atom. The van der Waals surface area contributed by atoms with Gasteiger partial charge in [0.2, 0.25) is 10.0 Å². The normalized spacial score (nSPS) is 24.5. The van der Waals surface area contributed by atoms with Crippen LogP contribution in [0.25, 0.3) is 0 Å². The number of sulfone groups is 1. The minimum atomic E-state index is -3.74. The van der Waals surface area contributed by atoms with Crippen LogP contribution in [0.15, 0.2) is 0 Å². The SMILES string of the molecule is CS(=O)(=O)CS(=O)(=O)N1CCOC(CBr)C1. The van der Waals surface area contributed by atoms with E-state index in [0.717, 1.165) is 6.26 Å². The Morgan fingerprint density at radius 2 is 2.00 bits per heavy atom. The number of ether oxygens (including phenoxy) is 1. The molecule has 0 saturated carbocycles. The molecule has 0 aliphatic carbocycles. The first-order valence-electron chi connectivity index (χ1n) is 4.58. The van der Waals surface area contributed by atoms with Crippen LogP contribution in [-0.4, -0.2) is 63.6 Å². The fraction of sp³-hybridized carbons (Fsp3) is 1.00. The van der Waals surface area contributed by atoms with Crippen LogP contribution in [0.2, 0.25) is 0 Å². The lowest BCUT2D eigenvalue weighted by Crippen LogP contribution is -2.47. The number of halogens is 1. The molecular weight excluding hydrogens is 322 g/mol. The van der Waals surface area contributed by atoms with Crippen molar-refractivity contribution in [2.75, 3.05) is 36.4 Å². The lowest BCUT2D eigenvalue weighted by molar-refractivity contribution is 0.0138. The molecule has 0 radical (unpaired) electrons. The zero-order chi connectivity index (χ0) is 12.4. The molecule has 9 heteroatoms. The fourth-order valence-electron chi connectivity index (χ4n) is 1.38. The molecule has 1 heterocycles. The minimum absolute atomic E-state index is 0.198. The quantitative estimate of drug-likeness (QED) is 0.642. The van der Waals surface area contributed by atoms with Crippen LogP contribution < -0.4 is 0 Å². The largest absolute Gasteiger partial charge is 0.375 e. The highest BCUT2D eigenvalue weighted by atomic mass is 79.9. The zero-order valence-corrected chi connectivity index (χ0v) is 12.0. The topological polar surface area (TPSA) is 80.8 Å². The number of morpholine rings is 1. The predicted octanol–water partition coefficient (Wildman–Crippen LogP) is -0.586. The average Bonchev–Trinajstić information content (AvgIpc) is 2.14. The maximum absolute atomic E-state index is 11.7. The van der Waals surface area contributed by atoms with E-state index in [1.165, 1.54) is 4.31 Å². The predicted molar refractivity (Wildman–Crippen MR) is 63.7 cm³/mol. The van der Waals surface area contributed by atoms with Gasteiger partial charge in [0.25, 0.3) is 0 Å². The smallest absolute Gasteiger partial charge is 0.228 e. The second kappa shape index (κ2) is 5.30. The first-order valence-corrected chi connectivity index (χ1v) is 9.37. The van der Waals surface area contributed by atoms with E-state index >= 15 is 0 Å². The second-order valence-corrected chi connectivity index (χ2v) is 8.78. The summed E-state index contributed by atoms with van der Waals surface area (Å²) in [6.07, 6.45) is 0.690. The van der Waals surface area contributed by atoms with Crippen LogP contribution in [0, 0.1) is 0 Å². The Hall–Kier alpha value is 0.300. The van der Waals surface area contributed by atoms with Crippen molar-refractivity contribution in [2.45, 2.75) is 6.10 Å². The maximum atomic E-state index is 11.7. The van der Waals surface area contributed by atoms with Crippen molar-refractivity contribution < 1.29 is 21.6 Å². The fourth-order valence-corrected chi connectivity index (χ4v) is 5.28. The molecule has 0 bridgehead atoms. The van der Waals surface area contributed by atoms with Crippen LogP contribution in [0.1, 0.15) is 0 Å². The summed E-state index contributed by atoms with van der Waals surface area (Å²) in [5.74, 6) is 0. The zero-order valence-electron chi connectivity index (χ0n) is 8.80. The summed E-state index contributed by atoms with van der Waals surface area (Å²) in [7, 11) is -7.28. The summed E-state index contributed by atoms with van der Waals surface area (Å²) in [5, 5.41) is -0.313. The molecule has 0 amide bonds. The minimum Gasteiger partial charge on any atom is -0.375 e. The Labute approximate surface area is 104 Å². The average molecular weight is 336 g/mol. The molecule has 1 rings (SSSR count). The van der Waals surface area contributed by atoms with Crippen LogP contribution in [0.3, 0.4) is 0 Å². The van der Waals surface area contributed by atoms with Crippen molar-refractivity contribution >= 4 is 35.8 Å². The molecule has 0 spiro atoms. The number of rotatable bonds is 4. The molecule has 0 aromatic carbocycles. The first-order chi connectivity index (χ1) is 7.24. The van der Waals surface area contributed by atoms with Gasteiger partial charge in [-0.05, 0) is 0 Å². The van der Waals surface area contributed by atoms with Gasteiger partial charge in [0.05, 0.1) is 12.7 Å². The van der Waals surface area contributed by atoms with E-state index in [1.54, 1.807) is 0 Å². The van der Waals surface area contributed by atoms with E-state index in [9.17, 15) is 16.8 Å². The third-order valence-electron chi connectivity index (χ3n) is 2.03. The summed E-state index contributed by atoms with van der Waals surface area (Å²) < 4.78 is 51.9. The van der Waals surface area contributed by atoms with Crippen molar-refractivity contribution in [1.82, 2.24) is 4.31 Å². The number of nitrogens with zero attached hydrogens (tertiary/aromatic N) is 1. The molecule has 1 saturated heterocycles. The molecule has 16 heavy (non-hydrogen) atoms. The summed E-state index contributed by atoms with van der Waals surface area (Å²) >= 11 is 3.20. The van der Waals surface area contributed by atoms with Gasteiger partial charge in [-0.15, -0.1) is 0 Å². The molecule has 96 valence electrons. The molecule has 1 aliphatic heterocycles. The highest BCUT2D eigenvalue weighted by Crippen LogP contribution is 2.13. The summed E-state index contributed by atoms with van der Waals surface area (Å²) in [4.78, 5) is 0. The standard InChI is InChI=1S/C7H14BrNO5S2/c1-15(10,11)6-16(12,13)9-2-3-14-7(4-8)5-9/h7H,2-6H2,1H3. The van der Waals surface area contributed by atoms with E-state index in [0.29, 0.717) is 11.9 Å². The molecule has 0 aromatic heterocycles. The number of hydrogen-bond acceptors (Lipinski definition) is 5. The van der Waals surface area contributed by atoms with E-state index in [2.05, 4.69) is 15.9 Å². The highest BCUT2D eigenvalue weighted by molar-refractivity contribution is 9.09. The number of sulfonamides is 1. The first kappa shape index (κ1) is 14.4. The van der Waals surface area contributed by atoms with Crippen LogP contribution >= 0.6 is 15.9 Å². The molecule has 1 atom stereocenters. The van der Waals surface area contributed by atoms with Gasteiger partial charge in [-0.3, -0.25) is 0 Å². The Bertz CT molecular complexity index is 432. The Morgan fingerprint density at radius 1 is 1.38 bits per heavy atom. The Kier molecular flexibility index (Phi) is 4.76. The van der Waals surface area contributed by atoms with Crippen molar-refractivity contribution in [3.05, 3.63) is 0 Å². The van der Waals surface area contributed by atoms with Gasteiger partial charge < -0.3 is 4.74 Å². The Balaban J connectivity index is 2.76. The molecular formula is C7H14BrNO5S2. The van der Waals surface area contributed by atoms with Crippen molar-refractivity contribution in [2.24, 2.45) is 0 Å². The lowest BCUT2D eigenvalue weighted by Gasteiger charge is -2.30. The maximum Gasteiger partial charge on any atom is 0.228 e. The van der Waals surface area contributed by atoms with Crippen LogP contribution in [0.5, 0.6) is 0 Å². The number of hydrogen-bond donors (Lipinski definition) is 0. The number of alkyl halides is 1. The lowest BCUT2D eigenvalue weighted by atomic mass is 10.3. The van der Waals surface area contributed by atoms with E-state index < -0.39 is 24.9 Å². The highest BCUT2D eigenvalue weighted by Gasteiger charge is 2.31. The van der Waals surface area contributed by atoms with E-state index in [4.69, 9.17) is 4.74 Å². The van der Waals surface area contributed by atoms with Gasteiger partial charge in [-0.1, -0.05) is 15.9 Å². The molecule has 6 nitrogen and oxygen atoms in total.